The molecule has 25 heavy (non-hydrogen) atoms. The van der Waals surface area contributed by atoms with Crippen LogP contribution in [0.3, 0.4) is 0 Å². The Morgan fingerprint density at radius 3 is 1.60 bits per heavy atom. The van der Waals surface area contributed by atoms with Gasteiger partial charge >= 0.3 is 172 Å². The van der Waals surface area contributed by atoms with E-state index in [1.54, 1.807) is 70.6 Å². The monoisotopic (exact) mass is 451 g/mol. The molecule has 3 saturated carbocycles. The Hall–Kier alpha value is 0.799. The summed E-state index contributed by atoms with van der Waals surface area (Å²) in [6, 6.07) is 0. The molecule has 0 bridgehead atoms. The van der Waals surface area contributed by atoms with Crippen LogP contribution < -0.4 is 0 Å². The van der Waals surface area contributed by atoms with Gasteiger partial charge in [0.15, 0.2) is 0 Å². The first-order valence-electron chi connectivity index (χ1n) is 12.0. The van der Waals surface area contributed by atoms with Crippen LogP contribution >= 0.6 is 0 Å². The summed E-state index contributed by atoms with van der Waals surface area (Å²) in [5.74, 6) is 4.35. The first-order valence-corrected chi connectivity index (χ1v) is 13.4. The summed E-state index contributed by atoms with van der Waals surface area (Å²) >= 11 is 1.96. The predicted molar refractivity (Wildman–Crippen MR) is 111 cm³/mol. The third-order valence-corrected chi connectivity index (χ3v) is 11.7. The normalized spacial score (nSPS) is 26.6. The molecule has 1 unspecified atom stereocenters. The van der Waals surface area contributed by atoms with E-state index in [1.165, 1.54) is 44.9 Å². The molecule has 3 radical (unpaired) electrons. The van der Waals surface area contributed by atoms with E-state index in [0.29, 0.717) is 0 Å². The molecule has 0 amide bonds. The second-order valence-corrected chi connectivity index (χ2v) is 12.2. The van der Waals surface area contributed by atoms with Crippen LogP contribution in [0.2, 0.25) is 3.43 Å². The summed E-state index contributed by atoms with van der Waals surface area (Å²) < 4.78 is 0.755. The average Bonchev–Trinajstić information content (AvgIpc) is 2.70. The van der Waals surface area contributed by atoms with Crippen molar-refractivity contribution in [2.45, 2.75) is 126 Å². The van der Waals surface area contributed by atoms with Gasteiger partial charge in [-0.25, -0.2) is 0 Å². The predicted octanol–water partition coefficient (Wildman–Crippen LogP) is 7.86. The van der Waals surface area contributed by atoms with Crippen LogP contribution in [0.5, 0.6) is 0 Å². The molecule has 3 rings (SSSR count). The van der Waals surface area contributed by atoms with Crippen molar-refractivity contribution in [1.29, 1.82) is 0 Å². The molecule has 3 aliphatic rings. The van der Waals surface area contributed by atoms with Gasteiger partial charge < -0.3 is 0 Å². The zero-order valence-corrected chi connectivity index (χ0v) is 19.9. The molecule has 0 heterocycles. The molecule has 143 valence electrons. The van der Waals surface area contributed by atoms with E-state index in [9.17, 15) is 0 Å². The van der Waals surface area contributed by atoms with Gasteiger partial charge in [-0.15, -0.1) is 0 Å². The van der Waals surface area contributed by atoms with E-state index in [-0.39, 0.29) is 0 Å². The fourth-order valence-corrected chi connectivity index (χ4v) is 9.66. The maximum absolute atomic E-state index is 2.42. The van der Waals surface area contributed by atoms with E-state index in [2.05, 4.69) is 6.92 Å². The van der Waals surface area contributed by atoms with Crippen molar-refractivity contribution >= 4 is 22.5 Å². The summed E-state index contributed by atoms with van der Waals surface area (Å²) in [4.78, 5) is 0. The van der Waals surface area contributed by atoms with E-state index in [4.69, 9.17) is 0 Å². The topological polar surface area (TPSA) is 0 Å². The van der Waals surface area contributed by atoms with Gasteiger partial charge in [0.05, 0.1) is 0 Å². The molecule has 0 aromatic rings. The minimum atomic E-state index is 0.755. The van der Waals surface area contributed by atoms with Gasteiger partial charge in [0.25, 0.3) is 0 Å². The van der Waals surface area contributed by atoms with Crippen LogP contribution in [0.25, 0.3) is 0 Å². The Labute approximate surface area is 171 Å². The average molecular weight is 450 g/mol. The van der Waals surface area contributed by atoms with Crippen LogP contribution in [0, 0.1) is 23.7 Å². The summed E-state index contributed by atoms with van der Waals surface area (Å²) in [7, 11) is 0. The van der Waals surface area contributed by atoms with Crippen LogP contribution in [0.15, 0.2) is 0 Å². The maximum atomic E-state index is 2.42. The van der Waals surface area contributed by atoms with Gasteiger partial charge in [-0.05, 0) is 0 Å². The molecule has 0 aliphatic heterocycles. The summed E-state index contributed by atoms with van der Waals surface area (Å²) in [5, 5.41) is 0. The van der Waals surface area contributed by atoms with Crippen LogP contribution in [-0.2, 0) is 0 Å². The SMILES string of the molecule is CCCCC(C1CCCCC1)[C]([Sn])(C1CCCCC1)C1CCCCC1. The van der Waals surface area contributed by atoms with Gasteiger partial charge in [-0.3, -0.25) is 0 Å². The summed E-state index contributed by atoms with van der Waals surface area (Å²) in [6.45, 7) is 2.42. The van der Waals surface area contributed by atoms with E-state index in [1.807, 2.05) is 22.5 Å². The molecule has 0 N–H and O–H groups in total. The molecule has 0 spiro atoms. The molecule has 3 fully saturated rings. The number of rotatable bonds is 7. The van der Waals surface area contributed by atoms with Crippen LogP contribution in [-0.4, -0.2) is 22.5 Å². The zero-order valence-electron chi connectivity index (χ0n) is 17.0. The second kappa shape index (κ2) is 10.4. The first-order chi connectivity index (χ1) is 12.3. The van der Waals surface area contributed by atoms with Crippen molar-refractivity contribution in [1.82, 2.24) is 0 Å². The van der Waals surface area contributed by atoms with Gasteiger partial charge in [-0.1, -0.05) is 0 Å². The Bertz CT molecular complexity index is 340. The fraction of sp³-hybridized carbons (Fsp3) is 1.00. The quantitative estimate of drug-likeness (QED) is 0.347. The molecule has 0 saturated heterocycles. The molecule has 3 aliphatic carbocycles. The third-order valence-electron chi connectivity index (χ3n) is 8.26. The Kier molecular flexibility index (Phi) is 8.52. The first kappa shape index (κ1) is 20.5. The summed E-state index contributed by atoms with van der Waals surface area (Å²) in [5.41, 5.74) is 0. The Balaban J connectivity index is 1.86. The molecular weight excluding hydrogens is 407 g/mol. The van der Waals surface area contributed by atoms with Gasteiger partial charge in [0.2, 0.25) is 0 Å². The molecule has 0 nitrogen and oxygen atoms in total. The van der Waals surface area contributed by atoms with Gasteiger partial charge in [0.1, 0.15) is 0 Å². The third kappa shape index (κ3) is 5.00. The molecule has 1 atom stereocenters. The molecule has 0 aromatic heterocycles. The van der Waals surface area contributed by atoms with Crippen LogP contribution in [0.1, 0.15) is 122 Å². The summed E-state index contributed by atoms with van der Waals surface area (Å²) in [6.07, 6.45) is 27.7. The van der Waals surface area contributed by atoms with Crippen molar-refractivity contribution in [3.63, 3.8) is 0 Å². The van der Waals surface area contributed by atoms with Crippen molar-refractivity contribution in [2.24, 2.45) is 23.7 Å². The number of hydrogen-bond acceptors (Lipinski definition) is 0. The standard InChI is InChI=1S/C24H43.Sn/c1-2-3-19-23(20-13-7-4-8-14-20)24(21-15-9-5-10-16-21)22-17-11-6-12-18-22;/h20-23H,2-19H2,1H3;. The van der Waals surface area contributed by atoms with Crippen molar-refractivity contribution in [3.05, 3.63) is 0 Å². The van der Waals surface area contributed by atoms with Crippen molar-refractivity contribution in [3.8, 4) is 0 Å². The minimum absolute atomic E-state index is 0.755. The van der Waals surface area contributed by atoms with E-state index in [0.717, 1.165) is 27.1 Å². The molecule has 0 aromatic carbocycles. The number of unbranched alkanes of at least 4 members (excludes halogenated alkanes) is 1. The Morgan fingerprint density at radius 2 is 1.16 bits per heavy atom. The van der Waals surface area contributed by atoms with Crippen molar-refractivity contribution in [2.75, 3.05) is 0 Å². The van der Waals surface area contributed by atoms with Crippen LogP contribution in [0.4, 0.5) is 0 Å². The van der Waals surface area contributed by atoms with E-state index < -0.39 is 0 Å². The molecular formula is C24H43Sn. The van der Waals surface area contributed by atoms with E-state index >= 15 is 0 Å². The zero-order chi connectivity index (χ0) is 17.5. The number of hydrogen-bond donors (Lipinski definition) is 0. The Morgan fingerprint density at radius 1 is 0.720 bits per heavy atom. The van der Waals surface area contributed by atoms with Gasteiger partial charge in [0, 0.05) is 0 Å². The fourth-order valence-electron chi connectivity index (χ4n) is 6.92. The molecule has 1 heteroatoms. The van der Waals surface area contributed by atoms with Crippen molar-refractivity contribution < 1.29 is 0 Å². The second-order valence-electron chi connectivity index (χ2n) is 9.75. The van der Waals surface area contributed by atoms with Gasteiger partial charge in [-0.2, -0.15) is 0 Å².